The SMILES string of the molecule is C[C@H](C(=O)NC(C)(C)C)N(Cc1ccc(Br)cc1)C(=O)CCc1ccccc1. The Morgan fingerprint density at radius 1 is 1.00 bits per heavy atom. The minimum Gasteiger partial charge on any atom is -0.350 e. The maximum absolute atomic E-state index is 13.0. The van der Waals surface area contributed by atoms with Gasteiger partial charge in [-0.05, 0) is 57.4 Å². The lowest BCUT2D eigenvalue weighted by molar-refractivity contribution is -0.141. The van der Waals surface area contributed by atoms with E-state index in [4.69, 9.17) is 0 Å². The summed E-state index contributed by atoms with van der Waals surface area (Å²) in [7, 11) is 0. The Bertz CT molecular complexity index is 782. The summed E-state index contributed by atoms with van der Waals surface area (Å²) in [5, 5.41) is 2.98. The minimum atomic E-state index is -0.550. The van der Waals surface area contributed by atoms with Gasteiger partial charge in [0.05, 0.1) is 0 Å². The van der Waals surface area contributed by atoms with Gasteiger partial charge < -0.3 is 10.2 Å². The maximum atomic E-state index is 13.0. The summed E-state index contributed by atoms with van der Waals surface area (Å²) in [6.07, 6.45) is 1.03. The summed E-state index contributed by atoms with van der Waals surface area (Å²) >= 11 is 3.43. The Morgan fingerprint density at radius 3 is 2.18 bits per heavy atom. The average Bonchev–Trinajstić information content (AvgIpc) is 2.64. The Hall–Kier alpha value is -2.14. The largest absolute Gasteiger partial charge is 0.350 e. The third-order valence-corrected chi connectivity index (χ3v) is 4.93. The van der Waals surface area contributed by atoms with Crippen LogP contribution in [0.4, 0.5) is 0 Å². The molecule has 4 nitrogen and oxygen atoms in total. The zero-order valence-electron chi connectivity index (χ0n) is 17.0. The van der Waals surface area contributed by atoms with Gasteiger partial charge in [-0.15, -0.1) is 0 Å². The Balaban J connectivity index is 2.15. The first-order valence-electron chi connectivity index (χ1n) is 9.55. The molecule has 0 aliphatic rings. The number of nitrogens with zero attached hydrogens (tertiary/aromatic N) is 1. The van der Waals surface area contributed by atoms with Crippen LogP contribution in [0.25, 0.3) is 0 Å². The van der Waals surface area contributed by atoms with Crippen molar-refractivity contribution < 1.29 is 9.59 Å². The number of amides is 2. The molecule has 0 aliphatic heterocycles. The van der Waals surface area contributed by atoms with Gasteiger partial charge in [0.15, 0.2) is 0 Å². The first-order chi connectivity index (χ1) is 13.2. The minimum absolute atomic E-state index is 0.0247. The summed E-state index contributed by atoms with van der Waals surface area (Å²) < 4.78 is 0.983. The molecule has 2 rings (SSSR count). The Kier molecular flexibility index (Phi) is 7.81. The third-order valence-electron chi connectivity index (χ3n) is 4.40. The molecule has 2 aromatic carbocycles. The van der Waals surface area contributed by atoms with Crippen LogP contribution in [-0.2, 0) is 22.6 Å². The second kappa shape index (κ2) is 9.87. The van der Waals surface area contributed by atoms with Crippen molar-refractivity contribution >= 4 is 27.7 Å². The van der Waals surface area contributed by atoms with Gasteiger partial charge in [-0.1, -0.05) is 58.4 Å². The fraction of sp³-hybridized carbons (Fsp3) is 0.391. The van der Waals surface area contributed by atoms with E-state index < -0.39 is 6.04 Å². The molecule has 0 heterocycles. The highest BCUT2D eigenvalue weighted by molar-refractivity contribution is 9.10. The maximum Gasteiger partial charge on any atom is 0.242 e. The van der Waals surface area contributed by atoms with Gasteiger partial charge in [0.25, 0.3) is 0 Å². The number of carbonyl (C=O) groups excluding carboxylic acids is 2. The van der Waals surface area contributed by atoms with Crippen molar-refractivity contribution in [3.63, 3.8) is 0 Å². The van der Waals surface area contributed by atoms with Crippen molar-refractivity contribution in [3.05, 3.63) is 70.2 Å². The number of carbonyl (C=O) groups is 2. The monoisotopic (exact) mass is 444 g/mol. The zero-order chi connectivity index (χ0) is 20.7. The van der Waals surface area contributed by atoms with Crippen LogP contribution < -0.4 is 5.32 Å². The fourth-order valence-electron chi connectivity index (χ4n) is 2.88. The molecule has 2 amide bonds. The molecule has 0 unspecified atom stereocenters. The third kappa shape index (κ3) is 7.12. The first-order valence-corrected chi connectivity index (χ1v) is 10.3. The normalized spacial score (nSPS) is 12.3. The molecule has 2 aromatic rings. The molecule has 1 N–H and O–H groups in total. The molecule has 1 atom stereocenters. The van der Waals surface area contributed by atoms with E-state index in [2.05, 4.69) is 21.2 Å². The van der Waals surface area contributed by atoms with E-state index in [1.807, 2.05) is 75.4 Å². The second-order valence-corrected chi connectivity index (χ2v) is 8.96. The molecule has 150 valence electrons. The van der Waals surface area contributed by atoms with E-state index in [1.54, 1.807) is 11.8 Å². The summed E-state index contributed by atoms with van der Waals surface area (Å²) in [5.41, 5.74) is 1.76. The first kappa shape index (κ1) is 22.2. The van der Waals surface area contributed by atoms with E-state index in [1.165, 1.54) is 0 Å². The van der Waals surface area contributed by atoms with Crippen LogP contribution in [0.2, 0.25) is 0 Å². The number of nitrogens with one attached hydrogen (secondary N) is 1. The van der Waals surface area contributed by atoms with Crippen molar-refractivity contribution in [2.45, 2.75) is 58.7 Å². The summed E-state index contributed by atoms with van der Waals surface area (Å²) in [5.74, 6) is -0.166. The van der Waals surface area contributed by atoms with Crippen molar-refractivity contribution in [1.82, 2.24) is 10.2 Å². The van der Waals surface area contributed by atoms with Crippen LogP contribution in [-0.4, -0.2) is 28.3 Å². The highest BCUT2D eigenvalue weighted by atomic mass is 79.9. The smallest absolute Gasteiger partial charge is 0.242 e. The fourth-order valence-corrected chi connectivity index (χ4v) is 3.15. The molecule has 0 saturated heterocycles. The molecule has 28 heavy (non-hydrogen) atoms. The molecule has 0 bridgehead atoms. The number of benzene rings is 2. The molecular weight excluding hydrogens is 416 g/mol. The Labute approximate surface area is 176 Å². The number of rotatable bonds is 7. The molecule has 5 heteroatoms. The highest BCUT2D eigenvalue weighted by Crippen LogP contribution is 2.16. The summed E-state index contributed by atoms with van der Waals surface area (Å²) in [4.78, 5) is 27.4. The average molecular weight is 445 g/mol. The van der Waals surface area contributed by atoms with Crippen molar-refractivity contribution in [2.75, 3.05) is 0 Å². The highest BCUT2D eigenvalue weighted by Gasteiger charge is 2.28. The van der Waals surface area contributed by atoms with Crippen LogP contribution in [0.5, 0.6) is 0 Å². The molecule has 0 saturated carbocycles. The van der Waals surface area contributed by atoms with E-state index in [-0.39, 0.29) is 17.4 Å². The second-order valence-electron chi connectivity index (χ2n) is 8.05. The number of halogens is 1. The standard InChI is InChI=1S/C23H29BrN2O2/c1-17(22(28)25-23(2,3)4)26(16-19-10-13-20(24)14-11-19)21(27)15-12-18-8-6-5-7-9-18/h5-11,13-14,17H,12,15-16H2,1-4H3,(H,25,28)/t17-/m1/s1. The molecule has 0 aliphatic carbocycles. The molecular formula is C23H29BrN2O2. The lowest BCUT2D eigenvalue weighted by Crippen LogP contribution is -2.52. The number of hydrogen-bond donors (Lipinski definition) is 1. The molecule has 0 spiro atoms. The zero-order valence-corrected chi connectivity index (χ0v) is 18.6. The van der Waals surface area contributed by atoms with E-state index in [0.29, 0.717) is 19.4 Å². The van der Waals surface area contributed by atoms with E-state index >= 15 is 0 Å². The topological polar surface area (TPSA) is 49.4 Å². The lowest BCUT2D eigenvalue weighted by atomic mass is 10.1. The van der Waals surface area contributed by atoms with Crippen molar-refractivity contribution in [1.29, 1.82) is 0 Å². The lowest BCUT2D eigenvalue weighted by Gasteiger charge is -2.31. The molecule has 0 aromatic heterocycles. The molecule has 0 radical (unpaired) electrons. The van der Waals surface area contributed by atoms with Crippen molar-refractivity contribution in [2.24, 2.45) is 0 Å². The number of hydrogen-bond acceptors (Lipinski definition) is 2. The van der Waals surface area contributed by atoms with E-state index in [9.17, 15) is 9.59 Å². The van der Waals surface area contributed by atoms with Gasteiger partial charge in [-0.25, -0.2) is 0 Å². The van der Waals surface area contributed by atoms with Crippen LogP contribution in [0.1, 0.15) is 45.2 Å². The predicted octanol–water partition coefficient (Wildman–Crippen LogP) is 4.71. The van der Waals surface area contributed by atoms with Gasteiger partial charge in [-0.3, -0.25) is 9.59 Å². The van der Waals surface area contributed by atoms with Gasteiger partial charge in [0, 0.05) is 23.0 Å². The summed E-state index contributed by atoms with van der Waals surface area (Å²) in [6.45, 7) is 8.01. The Morgan fingerprint density at radius 2 is 1.61 bits per heavy atom. The van der Waals surface area contributed by atoms with Gasteiger partial charge >= 0.3 is 0 Å². The van der Waals surface area contributed by atoms with Crippen LogP contribution in [0, 0.1) is 0 Å². The van der Waals surface area contributed by atoms with Gasteiger partial charge in [0.2, 0.25) is 11.8 Å². The van der Waals surface area contributed by atoms with E-state index in [0.717, 1.165) is 15.6 Å². The van der Waals surface area contributed by atoms with Gasteiger partial charge in [0.1, 0.15) is 6.04 Å². The van der Waals surface area contributed by atoms with Crippen LogP contribution >= 0.6 is 15.9 Å². The quantitative estimate of drug-likeness (QED) is 0.671. The number of aryl methyl sites for hydroxylation is 1. The van der Waals surface area contributed by atoms with Crippen molar-refractivity contribution in [3.8, 4) is 0 Å². The summed E-state index contributed by atoms with van der Waals surface area (Å²) in [6, 6.07) is 17.2. The van der Waals surface area contributed by atoms with Crippen LogP contribution in [0.15, 0.2) is 59.1 Å². The molecule has 0 fully saturated rings. The van der Waals surface area contributed by atoms with Crippen LogP contribution in [0.3, 0.4) is 0 Å². The predicted molar refractivity (Wildman–Crippen MR) is 117 cm³/mol. The van der Waals surface area contributed by atoms with Gasteiger partial charge in [-0.2, -0.15) is 0 Å².